The molecule has 1 saturated heterocycles. The number of amides is 1. The molecule has 1 aromatic rings. The van der Waals surface area contributed by atoms with Gasteiger partial charge in [0.05, 0.1) is 5.75 Å². The second-order valence-corrected chi connectivity index (χ2v) is 6.53. The molecule has 0 aromatic heterocycles. The Kier molecular flexibility index (Phi) is 5.13. The zero-order valence-corrected chi connectivity index (χ0v) is 13.3. The number of nitrogen functional groups attached to an aromatic ring is 1. The summed E-state index contributed by atoms with van der Waals surface area (Å²) in [4.78, 5) is 17.3. The van der Waals surface area contributed by atoms with E-state index in [0.29, 0.717) is 5.75 Å². The summed E-state index contributed by atoms with van der Waals surface area (Å²) in [6.45, 7) is 3.58. The second kappa shape index (κ2) is 6.63. The normalized spacial score (nSPS) is 16.6. The fraction of sp³-hybridized carbons (Fsp3) is 0.462. The van der Waals surface area contributed by atoms with Crippen LogP contribution >= 0.6 is 27.7 Å². The fourth-order valence-electron chi connectivity index (χ4n) is 1.92. The molecule has 1 aliphatic heterocycles. The molecule has 0 bridgehead atoms. The second-order valence-electron chi connectivity index (χ2n) is 4.66. The Morgan fingerprint density at radius 2 is 2.05 bits per heavy atom. The molecule has 1 aromatic carbocycles. The Balaban J connectivity index is 1.86. The Bertz CT molecular complexity index is 461. The van der Waals surface area contributed by atoms with E-state index in [2.05, 4.69) is 27.9 Å². The van der Waals surface area contributed by atoms with Gasteiger partial charge < -0.3 is 15.5 Å². The van der Waals surface area contributed by atoms with E-state index in [0.717, 1.165) is 41.2 Å². The molecule has 1 heterocycles. The van der Waals surface area contributed by atoms with Crippen LogP contribution in [0.1, 0.15) is 0 Å². The SMILES string of the molecule is CN1CCN(C(=O)CSc2ccc(N)cc2Br)CC1. The van der Waals surface area contributed by atoms with Crippen LogP contribution < -0.4 is 5.73 Å². The van der Waals surface area contributed by atoms with Gasteiger partial charge in [-0.2, -0.15) is 0 Å². The van der Waals surface area contributed by atoms with Gasteiger partial charge in [0.25, 0.3) is 0 Å². The summed E-state index contributed by atoms with van der Waals surface area (Å²) in [5, 5.41) is 0. The standard InChI is InChI=1S/C13H18BrN3OS/c1-16-4-6-17(7-5-16)13(18)9-19-12-3-2-10(15)8-11(12)14/h2-3,8H,4-7,9,15H2,1H3. The van der Waals surface area contributed by atoms with Crippen molar-refractivity contribution in [3.8, 4) is 0 Å². The number of halogens is 1. The van der Waals surface area contributed by atoms with E-state index in [-0.39, 0.29) is 5.91 Å². The average Bonchev–Trinajstić information content (AvgIpc) is 2.38. The number of rotatable bonds is 3. The first-order chi connectivity index (χ1) is 9.06. The summed E-state index contributed by atoms with van der Waals surface area (Å²) >= 11 is 5.02. The molecule has 0 radical (unpaired) electrons. The number of hydrogen-bond acceptors (Lipinski definition) is 4. The average molecular weight is 344 g/mol. The molecule has 2 rings (SSSR count). The Morgan fingerprint density at radius 1 is 1.37 bits per heavy atom. The third kappa shape index (κ3) is 4.12. The maximum Gasteiger partial charge on any atom is 0.233 e. The fourth-order valence-corrected chi connectivity index (χ4v) is 3.48. The van der Waals surface area contributed by atoms with Crippen LogP contribution in [-0.4, -0.2) is 54.7 Å². The maximum atomic E-state index is 12.1. The highest BCUT2D eigenvalue weighted by Gasteiger charge is 2.19. The van der Waals surface area contributed by atoms with Gasteiger partial charge in [0.1, 0.15) is 0 Å². The molecule has 104 valence electrons. The topological polar surface area (TPSA) is 49.6 Å². The summed E-state index contributed by atoms with van der Waals surface area (Å²) in [6.07, 6.45) is 0. The third-order valence-corrected chi connectivity index (χ3v) is 5.14. The van der Waals surface area contributed by atoms with Crippen molar-refractivity contribution in [2.75, 3.05) is 44.7 Å². The van der Waals surface area contributed by atoms with Crippen molar-refractivity contribution in [3.05, 3.63) is 22.7 Å². The van der Waals surface area contributed by atoms with Gasteiger partial charge >= 0.3 is 0 Å². The summed E-state index contributed by atoms with van der Waals surface area (Å²) in [7, 11) is 2.09. The van der Waals surface area contributed by atoms with Crippen LogP contribution in [0, 0.1) is 0 Å². The van der Waals surface area contributed by atoms with E-state index in [4.69, 9.17) is 5.73 Å². The van der Waals surface area contributed by atoms with Gasteiger partial charge in [-0.05, 0) is 41.2 Å². The first-order valence-corrected chi connectivity index (χ1v) is 7.98. The molecule has 2 N–H and O–H groups in total. The van der Waals surface area contributed by atoms with Crippen molar-refractivity contribution < 1.29 is 4.79 Å². The van der Waals surface area contributed by atoms with Crippen LogP contribution in [0.5, 0.6) is 0 Å². The van der Waals surface area contributed by atoms with E-state index in [1.165, 1.54) is 0 Å². The third-order valence-electron chi connectivity index (χ3n) is 3.16. The van der Waals surface area contributed by atoms with Crippen LogP contribution in [0.3, 0.4) is 0 Å². The minimum atomic E-state index is 0.210. The first kappa shape index (κ1) is 14.7. The van der Waals surface area contributed by atoms with Crippen molar-refractivity contribution in [2.24, 2.45) is 0 Å². The minimum absolute atomic E-state index is 0.210. The van der Waals surface area contributed by atoms with E-state index in [9.17, 15) is 4.79 Å². The van der Waals surface area contributed by atoms with Crippen molar-refractivity contribution in [1.82, 2.24) is 9.80 Å². The van der Waals surface area contributed by atoms with Gasteiger partial charge in [-0.3, -0.25) is 4.79 Å². The number of anilines is 1. The van der Waals surface area contributed by atoms with Crippen molar-refractivity contribution in [2.45, 2.75) is 4.90 Å². The summed E-state index contributed by atoms with van der Waals surface area (Å²) < 4.78 is 0.948. The first-order valence-electron chi connectivity index (χ1n) is 6.20. The Hall–Kier alpha value is -0.720. The highest BCUT2D eigenvalue weighted by molar-refractivity contribution is 9.10. The molecule has 19 heavy (non-hydrogen) atoms. The molecule has 0 aliphatic carbocycles. The minimum Gasteiger partial charge on any atom is -0.399 e. The molecular formula is C13H18BrN3OS. The number of benzene rings is 1. The van der Waals surface area contributed by atoms with Crippen LogP contribution in [-0.2, 0) is 4.79 Å². The van der Waals surface area contributed by atoms with E-state index in [1.54, 1.807) is 11.8 Å². The Morgan fingerprint density at radius 3 is 2.68 bits per heavy atom. The van der Waals surface area contributed by atoms with Gasteiger partial charge in [0, 0.05) is 41.2 Å². The molecule has 1 amide bonds. The lowest BCUT2D eigenvalue weighted by molar-refractivity contribution is -0.129. The van der Waals surface area contributed by atoms with Gasteiger partial charge in [0.15, 0.2) is 0 Å². The summed E-state index contributed by atoms with van der Waals surface area (Å²) in [5.74, 6) is 0.688. The van der Waals surface area contributed by atoms with Crippen molar-refractivity contribution in [1.29, 1.82) is 0 Å². The van der Waals surface area contributed by atoms with Crippen molar-refractivity contribution >= 4 is 39.3 Å². The molecule has 0 unspecified atom stereocenters. The van der Waals surface area contributed by atoms with Gasteiger partial charge in [-0.15, -0.1) is 11.8 Å². The molecule has 1 fully saturated rings. The molecule has 0 atom stereocenters. The van der Waals surface area contributed by atoms with Crippen LogP contribution in [0.4, 0.5) is 5.69 Å². The number of thioether (sulfide) groups is 1. The number of hydrogen-bond donors (Lipinski definition) is 1. The molecule has 0 saturated carbocycles. The smallest absolute Gasteiger partial charge is 0.233 e. The summed E-state index contributed by atoms with van der Waals surface area (Å²) in [5.41, 5.74) is 6.42. The largest absolute Gasteiger partial charge is 0.399 e. The Labute approximate surface area is 126 Å². The number of likely N-dealkylation sites (N-methyl/N-ethyl adjacent to an activating group) is 1. The lowest BCUT2D eigenvalue weighted by atomic mass is 10.3. The van der Waals surface area contributed by atoms with E-state index in [1.807, 2.05) is 23.1 Å². The lowest BCUT2D eigenvalue weighted by Crippen LogP contribution is -2.47. The zero-order valence-electron chi connectivity index (χ0n) is 10.9. The zero-order chi connectivity index (χ0) is 13.8. The molecule has 4 nitrogen and oxygen atoms in total. The van der Waals surface area contributed by atoms with Crippen LogP contribution in [0.25, 0.3) is 0 Å². The van der Waals surface area contributed by atoms with Gasteiger partial charge in [-0.25, -0.2) is 0 Å². The quantitative estimate of drug-likeness (QED) is 0.672. The summed E-state index contributed by atoms with van der Waals surface area (Å²) in [6, 6.07) is 5.66. The predicted octanol–water partition coefficient (Wildman–Crippen LogP) is 1.90. The van der Waals surface area contributed by atoms with Crippen LogP contribution in [0.2, 0.25) is 0 Å². The van der Waals surface area contributed by atoms with Crippen LogP contribution in [0.15, 0.2) is 27.6 Å². The monoisotopic (exact) mass is 343 g/mol. The highest BCUT2D eigenvalue weighted by atomic mass is 79.9. The highest BCUT2D eigenvalue weighted by Crippen LogP contribution is 2.29. The molecule has 6 heteroatoms. The number of carbonyl (C=O) groups is 1. The molecular weight excluding hydrogens is 326 g/mol. The predicted molar refractivity (Wildman–Crippen MR) is 83.4 cm³/mol. The van der Waals surface area contributed by atoms with Gasteiger partial charge in [-0.1, -0.05) is 0 Å². The number of nitrogens with zero attached hydrogens (tertiary/aromatic N) is 2. The number of piperazine rings is 1. The van der Waals surface area contributed by atoms with E-state index >= 15 is 0 Å². The molecule has 1 aliphatic rings. The van der Waals surface area contributed by atoms with Crippen molar-refractivity contribution in [3.63, 3.8) is 0 Å². The lowest BCUT2D eigenvalue weighted by Gasteiger charge is -2.32. The van der Waals surface area contributed by atoms with E-state index < -0.39 is 0 Å². The number of nitrogens with two attached hydrogens (primary N) is 1. The maximum absolute atomic E-state index is 12.1. The number of carbonyl (C=O) groups excluding carboxylic acids is 1. The molecule has 0 spiro atoms. The van der Waals surface area contributed by atoms with Gasteiger partial charge in [0.2, 0.25) is 5.91 Å².